The quantitative estimate of drug-likeness (QED) is 0.708. The number of hydrogen-bond acceptors (Lipinski definition) is 2. The molecule has 0 radical (unpaired) electrons. The van der Waals surface area contributed by atoms with E-state index in [9.17, 15) is 0 Å². The minimum atomic E-state index is 0.0235. The molecule has 0 amide bonds. The zero-order valence-electron chi connectivity index (χ0n) is 11.0. The maximum absolute atomic E-state index is 5.98. The molecule has 106 valence electrons. The molecular weight excluding hydrogens is 403 g/mol. The first kappa shape index (κ1) is 15.8. The summed E-state index contributed by atoms with van der Waals surface area (Å²) in [6.45, 7) is 2.55. The van der Waals surface area contributed by atoms with E-state index < -0.39 is 0 Å². The van der Waals surface area contributed by atoms with E-state index in [1.54, 1.807) is 0 Å². The number of halogens is 3. The zero-order chi connectivity index (χ0) is 14.7. The lowest BCUT2D eigenvalue weighted by molar-refractivity contribution is 0.786. The molecule has 20 heavy (non-hydrogen) atoms. The fraction of sp³-hybridized carbons (Fsp3) is 0.200. The summed E-state index contributed by atoms with van der Waals surface area (Å²) < 4.78 is 2.01. The van der Waals surface area contributed by atoms with Crippen LogP contribution in [0, 0.1) is 6.92 Å². The van der Waals surface area contributed by atoms with Crippen molar-refractivity contribution in [3.63, 3.8) is 0 Å². The number of nitrogens with one attached hydrogen (secondary N) is 1. The van der Waals surface area contributed by atoms with E-state index in [1.165, 1.54) is 5.56 Å². The molecular formula is C15H15Br2ClN2. The van der Waals surface area contributed by atoms with E-state index in [1.807, 2.05) is 24.3 Å². The highest BCUT2D eigenvalue weighted by atomic mass is 79.9. The molecule has 1 unspecified atom stereocenters. The molecule has 2 aromatic carbocycles. The molecule has 3 N–H and O–H groups in total. The van der Waals surface area contributed by atoms with Crippen molar-refractivity contribution in [3.8, 4) is 0 Å². The first-order valence-corrected chi connectivity index (χ1v) is 8.14. The Morgan fingerprint density at radius 3 is 2.55 bits per heavy atom. The maximum Gasteiger partial charge on any atom is 0.0647 e. The summed E-state index contributed by atoms with van der Waals surface area (Å²) in [6.07, 6.45) is 0. The van der Waals surface area contributed by atoms with Gasteiger partial charge in [-0.2, -0.15) is 0 Å². The summed E-state index contributed by atoms with van der Waals surface area (Å²) in [5, 5.41) is 4.16. The third-order valence-corrected chi connectivity index (χ3v) is 4.34. The molecule has 2 rings (SSSR count). The van der Waals surface area contributed by atoms with Crippen LogP contribution in [-0.2, 0) is 0 Å². The van der Waals surface area contributed by atoms with Gasteiger partial charge in [0.2, 0.25) is 0 Å². The van der Waals surface area contributed by atoms with Crippen molar-refractivity contribution in [2.24, 2.45) is 5.73 Å². The molecule has 2 aromatic rings. The molecule has 0 aliphatic heterocycles. The van der Waals surface area contributed by atoms with E-state index in [0.29, 0.717) is 11.6 Å². The smallest absolute Gasteiger partial charge is 0.0647 e. The lowest BCUT2D eigenvalue weighted by Crippen LogP contribution is -2.21. The third-order valence-electron chi connectivity index (χ3n) is 2.96. The Hall–Kier alpha value is -0.550. The topological polar surface area (TPSA) is 38.0 Å². The Bertz CT molecular complexity index is 597. The van der Waals surface area contributed by atoms with E-state index in [2.05, 4.69) is 56.2 Å². The van der Waals surface area contributed by atoms with Crippen LogP contribution in [0.5, 0.6) is 0 Å². The van der Waals surface area contributed by atoms with Crippen molar-refractivity contribution in [2.75, 3.05) is 11.9 Å². The third kappa shape index (κ3) is 3.98. The summed E-state index contributed by atoms with van der Waals surface area (Å²) >= 11 is 13.0. The lowest BCUT2D eigenvalue weighted by Gasteiger charge is -2.20. The van der Waals surface area contributed by atoms with Gasteiger partial charge in [0.05, 0.1) is 6.04 Å². The second-order valence-electron chi connectivity index (χ2n) is 4.62. The van der Waals surface area contributed by atoms with E-state index in [-0.39, 0.29) is 6.04 Å². The number of rotatable bonds is 4. The van der Waals surface area contributed by atoms with Crippen LogP contribution in [0.15, 0.2) is 45.3 Å². The van der Waals surface area contributed by atoms with Crippen molar-refractivity contribution in [2.45, 2.75) is 13.0 Å². The largest absolute Gasteiger partial charge is 0.377 e. The van der Waals surface area contributed by atoms with Gasteiger partial charge in [0.1, 0.15) is 0 Å². The number of aryl methyl sites for hydroxylation is 1. The predicted octanol–water partition coefficient (Wildman–Crippen LogP) is 5.29. The fourth-order valence-corrected chi connectivity index (χ4v) is 3.64. The van der Waals surface area contributed by atoms with Crippen LogP contribution in [-0.4, -0.2) is 6.54 Å². The predicted molar refractivity (Wildman–Crippen MR) is 93.4 cm³/mol. The van der Waals surface area contributed by atoms with Crippen molar-refractivity contribution in [1.82, 2.24) is 0 Å². The van der Waals surface area contributed by atoms with Gasteiger partial charge in [0.25, 0.3) is 0 Å². The van der Waals surface area contributed by atoms with Crippen molar-refractivity contribution in [1.29, 1.82) is 0 Å². The van der Waals surface area contributed by atoms with Crippen LogP contribution in [0.25, 0.3) is 0 Å². The number of benzene rings is 2. The van der Waals surface area contributed by atoms with Crippen molar-refractivity contribution in [3.05, 3.63) is 61.5 Å². The zero-order valence-corrected chi connectivity index (χ0v) is 14.9. The molecule has 0 aliphatic rings. The van der Waals surface area contributed by atoms with Crippen LogP contribution in [0.4, 0.5) is 5.69 Å². The summed E-state index contributed by atoms with van der Waals surface area (Å²) in [5.41, 5.74) is 9.22. The Kier molecular flexibility index (Phi) is 5.49. The van der Waals surface area contributed by atoms with E-state index in [0.717, 1.165) is 20.2 Å². The molecule has 0 aromatic heterocycles. The second-order valence-corrected chi connectivity index (χ2v) is 6.82. The van der Waals surface area contributed by atoms with Gasteiger partial charge in [-0.3, -0.25) is 0 Å². The first-order valence-electron chi connectivity index (χ1n) is 6.18. The van der Waals surface area contributed by atoms with Gasteiger partial charge in [0.15, 0.2) is 0 Å². The van der Waals surface area contributed by atoms with E-state index in [4.69, 9.17) is 17.3 Å². The Morgan fingerprint density at radius 1 is 1.20 bits per heavy atom. The van der Waals surface area contributed by atoms with Crippen LogP contribution < -0.4 is 11.1 Å². The summed E-state index contributed by atoms with van der Waals surface area (Å²) in [6, 6.07) is 12.0. The summed E-state index contributed by atoms with van der Waals surface area (Å²) in [7, 11) is 0. The normalized spacial score (nSPS) is 12.2. The fourth-order valence-electron chi connectivity index (χ4n) is 2.07. The Labute approximate surface area is 141 Å². The maximum atomic E-state index is 5.98. The van der Waals surface area contributed by atoms with Gasteiger partial charge in [-0.1, -0.05) is 49.5 Å². The van der Waals surface area contributed by atoms with Gasteiger partial charge in [-0.15, -0.1) is 0 Å². The van der Waals surface area contributed by atoms with Crippen molar-refractivity contribution >= 4 is 49.1 Å². The summed E-state index contributed by atoms with van der Waals surface area (Å²) in [5.74, 6) is 0. The Balaban J connectivity index is 2.28. The SMILES string of the molecule is Cc1cc(Br)cc(NC(CN)c2ccc(Cl)cc2Br)c1. The second kappa shape index (κ2) is 6.94. The highest BCUT2D eigenvalue weighted by molar-refractivity contribution is 9.10. The van der Waals surface area contributed by atoms with Gasteiger partial charge < -0.3 is 11.1 Å². The number of hydrogen-bond donors (Lipinski definition) is 2. The Morgan fingerprint density at radius 2 is 1.95 bits per heavy atom. The molecule has 1 atom stereocenters. The number of nitrogens with two attached hydrogens (primary N) is 1. The van der Waals surface area contributed by atoms with Gasteiger partial charge in [-0.05, 0) is 48.4 Å². The van der Waals surface area contributed by atoms with Crippen LogP contribution >= 0.6 is 43.5 Å². The molecule has 0 fully saturated rings. The molecule has 5 heteroatoms. The molecule has 2 nitrogen and oxygen atoms in total. The molecule has 0 bridgehead atoms. The van der Waals surface area contributed by atoms with Crippen molar-refractivity contribution < 1.29 is 0 Å². The molecule has 0 aliphatic carbocycles. The molecule has 0 saturated carbocycles. The van der Waals surface area contributed by atoms with Gasteiger partial charge in [-0.25, -0.2) is 0 Å². The molecule has 0 heterocycles. The van der Waals surface area contributed by atoms with E-state index >= 15 is 0 Å². The average molecular weight is 419 g/mol. The summed E-state index contributed by atoms with van der Waals surface area (Å²) in [4.78, 5) is 0. The van der Waals surface area contributed by atoms with Gasteiger partial charge in [0, 0.05) is 26.2 Å². The monoisotopic (exact) mass is 416 g/mol. The first-order chi connectivity index (χ1) is 9.49. The van der Waals surface area contributed by atoms with Crippen LogP contribution in [0.3, 0.4) is 0 Å². The lowest BCUT2D eigenvalue weighted by atomic mass is 10.1. The average Bonchev–Trinajstić information content (AvgIpc) is 2.35. The van der Waals surface area contributed by atoms with Crippen LogP contribution in [0.2, 0.25) is 5.02 Å². The highest BCUT2D eigenvalue weighted by Crippen LogP contribution is 2.29. The number of anilines is 1. The standard InChI is InChI=1S/C15H15Br2ClN2/c1-9-4-10(16)6-12(5-9)20-15(8-19)13-3-2-11(18)7-14(13)17/h2-7,15,20H,8,19H2,1H3. The minimum Gasteiger partial charge on any atom is -0.377 e. The van der Waals surface area contributed by atoms with Gasteiger partial charge >= 0.3 is 0 Å². The van der Waals surface area contributed by atoms with Crippen LogP contribution in [0.1, 0.15) is 17.2 Å². The molecule has 0 saturated heterocycles. The highest BCUT2D eigenvalue weighted by Gasteiger charge is 2.13. The minimum absolute atomic E-state index is 0.0235. The molecule has 0 spiro atoms.